The summed E-state index contributed by atoms with van der Waals surface area (Å²) in [5, 5.41) is 3.20. The summed E-state index contributed by atoms with van der Waals surface area (Å²) < 4.78 is 20.5. The Hall–Kier alpha value is -3.97. The quantitative estimate of drug-likeness (QED) is 0.420. The number of hydrogen-bond donors (Lipinski definition) is 1. The van der Waals surface area contributed by atoms with E-state index in [2.05, 4.69) is 5.32 Å². The molecule has 0 aliphatic carbocycles. The molecular formula is C25H18ClFN2O4. The van der Waals surface area contributed by atoms with E-state index >= 15 is 0 Å². The van der Waals surface area contributed by atoms with Crippen molar-refractivity contribution >= 4 is 39.9 Å². The molecule has 166 valence electrons. The van der Waals surface area contributed by atoms with Gasteiger partial charge in [-0.15, -0.1) is 0 Å². The van der Waals surface area contributed by atoms with Crippen LogP contribution in [0.4, 0.5) is 10.1 Å². The number of rotatable bonds is 6. The fourth-order valence-corrected chi connectivity index (χ4v) is 3.60. The molecule has 0 spiro atoms. The van der Waals surface area contributed by atoms with Gasteiger partial charge in [0.15, 0.2) is 5.78 Å². The summed E-state index contributed by atoms with van der Waals surface area (Å²) in [6.45, 7) is -0.208. The first-order valence-electron chi connectivity index (χ1n) is 9.92. The third kappa shape index (κ3) is 4.78. The molecule has 6 nitrogen and oxygen atoms in total. The van der Waals surface area contributed by atoms with Gasteiger partial charge in [-0.1, -0.05) is 17.7 Å². The summed E-state index contributed by atoms with van der Waals surface area (Å²) in [5.41, 5.74) is 0.307. The monoisotopic (exact) mass is 464 g/mol. The molecule has 0 saturated carbocycles. The maximum Gasteiger partial charge on any atom is 0.244 e. The fraction of sp³-hybridized carbons (Fsp3) is 0.0800. The van der Waals surface area contributed by atoms with Crippen molar-refractivity contribution in [3.05, 3.63) is 105 Å². The van der Waals surface area contributed by atoms with Crippen LogP contribution in [-0.4, -0.2) is 23.4 Å². The Balaban J connectivity index is 1.74. The maximum absolute atomic E-state index is 13.9. The zero-order chi connectivity index (χ0) is 23.5. The van der Waals surface area contributed by atoms with Crippen LogP contribution in [0.1, 0.15) is 15.9 Å². The van der Waals surface area contributed by atoms with Crippen LogP contribution in [0.25, 0.3) is 10.9 Å². The second kappa shape index (κ2) is 9.26. The Kier molecular flexibility index (Phi) is 6.24. The summed E-state index contributed by atoms with van der Waals surface area (Å²) in [6, 6.07) is 16.6. The number of pyridine rings is 1. The van der Waals surface area contributed by atoms with E-state index in [1.165, 1.54) is 54.3 Å². The molecule has 4 aromatic rings. The molecule has 0 fully saturated rings. The van der Waals surface area contributed by atoms with Gasteiger partial charge in [-0.05, 0) is 54.6 Å². The average molecular weight is 465 g/mol. The molecule has 0 aliphatic rings. The normalized spacial score (nSPS) is 10.8. The van der Waals surface area contributed by atoms with Gasteiger partial charge in [0.05, 0.1) is 18.2 Å². The number of benzene rings is 3. The predicted octanol–water partition coefficient (Wildman–Crippen LogP) is 4.67. The second-order valence-electron chi connectivity index (χ2n) is 7.28. The third-order valence-electron chi connectivity index (χ3n) is 5.06. The first-order chi connectivity index (χ1) is 15.9. The van der Waals surface area contributed by atoms with Crippen LogP contribution in [0.2, 0.25) is 5.02 Å². The zero-order valence-corrected chi connectivity index (χ0v) is 18.2. The smallest absolute Gasteiger partial charge is 0.244 e. The van der Waals surface area contributed by atoms with Gasteiger partial charge in [0.25, 0.3) is 0 Å². The number of carbonyl (C=O) groups excluding carboxylic acids is 2. The van der Waals surface area contributed by atoms with Crippen molar-refractivity contribution in [2.45, 2.75) is 6.54 Å². The highest BCUT2D eigenvalue weighted by Gasteiger charge is 2.19. The van der Waals surface area contributed by atoms with Gasteiger partial charge < -0.3 is 14.6 Å². The van der Waals surface area contributed by atoms with Gasteiger partial charge in [0.1, 0.15) is 18.1 Å². The molecule has 1 amide bonds. The Labute approximate surface area is 193 Å². The minimum atomic E-state index is -0.622. The number of ketones is 1. The molecule has 1 aromatic heterocycles. The van der Waals surface area contributed by atoms with Gasteiger partial charge in [-0.3, -0.25) is 14.4 Å². The van der Waals surface area contributed by atoms with Gasteiger partial charge in [-0.2, -0.15) is 0 Å². The summed E-state index contributed by atoms with van der Waals surface area (Å²) in [4.78, 5) is 38.8. The number of halogens is 2. The lowest BCUT2D eigenvalue weighted by Gasteiger charge is -2.14. The van der Waals surface area contributed by atoms with E-state index in [0.29, 0.717) is 22.0 Å². The number of fused-ring (bicyclic) bond motifs is 1. The van der Waals surface area contributed by atoms with Gasteiger partial charge in [-0.25, -0.2) is 4.39 Å². The van der Waals surface area contributed by atoms with E-state index < -0.39 is 22.9 Å². The molecular weight excluding hydrogens is 447 g/mol. The van der Waals surface area contributed by atoms with Gasteiger partial charge >= 0.3 is 0 Å². The summed E-state index contributed by atoms with van der Waals surface area (Å²) >= 11 is 5.89. The number of amides is 1. The van der Waals surface area contributed by atoms with Crippen LogP contribution < -0.4 is 15.5 Å². The van der Waals surface area contributed by atoms with Crippen molar-refractivity contribution < 1.29 is 18.7 Å². The van der Waals surface area contributed by atoms with Crippen molar-refractivity contribution in [3.63, 3.8) is 0 Å². The number of ether oxygens (including phenoxy) is 1. The third-order valence-corrected chi connectivity index (χ3v) is 5.31. The number of nitrogens with one attached hydrogen (secondary N) is 1. The lowest BCUT2D eigenvalue weighted by atomic mass is 10.0. The van der Waals surface area contributed by atoms with Crippen LogP contribution in [0.15, 0.2) is 77.7 Å². The van der Waals surface area contributed by atoms with E-state index in [4.69, 9.17) is 16.3 Å². The van der Waals surface area contributed by atoms with E-state index in [9.17, 15) is 18.8 Å². The molecule has 4 rings (SSSR count). The number of aromatic nitrogens is 1. The number of hydrogen-bond acceptors (Lipinski definition) is 4. The van der Waals surface area contributed by atoms with E-state index in [0.717, 1.165) is 6.07 Å². The largest absolute Gasteiger partial charge is 0.497 e. The average Bonchev–Trinajstić information content (AvgIpc) is 2.81. The van der Waals surface area contributed by atoms with Crippen LogP contribution in [-0.2, 0) is 11.3 Å². The molecule has 33 heavy (non-hydrogen) atoms. The number of methoxy groups -OCH3 is 1. The molecule has 0 radical (unpaired) electrons. The Bertz CT molecular complexity index is 1430. The van der Waals surface area contributed by atoms with E-state index in [-0.39, 0.29) is 23.1 Å². The molecule has 0 aliphatic heterocycles. The van der Waals surface area contributed by atoms with Crippen molar-refractivity contribution in [2.75, 3.05) is 12.4 Å². The molecule has 0 bridgehead atoms. The summed E-state index contributed by atoms with van der Waals surface area (Å²) in [6.07, 6.45) is 1.32. The van der Waals surface area contributed by atoms with E-state index in [1.807, 2.05) is 0 Å². The van der Waals surface area contributed by atoms with Crippen molar-refractivity contribution in [1.82, 2.24) is 4.57 Å². The lowest BCUT2D eigenvalue weighted by Crippen LogP contribution is -2.24. The number of nitrogens with zero attached hydrogens (tertiary/aromatic N) is 1. The minimum Gasteiger partial charge on any atom is -0.497 e. The predicted molar refractivity (Wildman–Crippen MR) is 125 cm³/mol. The van der Waals surface area contributed by atoms with Crippen molar-refractivity contribution in [3.8, 4) is 5.75 Å². The molecule has 3 aromatic carbocycles. The van der Waals surface area contributed by atoms with Crippen molar-refractivity contribution in [1.29, 1.82) is 0 Å². The van der Waals surface area contributed by atoms with Crippen LogP contribution in [0, 0.1) is 5.82 Å². The number of carbonyl (C=O) groups is 2. The van der Waals surface area contributed by atoms with Crippen LogP contribution >= 0.6 is 11.6 Å². The summed E-state index contributed by atoms with van der Waals surface area (Å²) in [5.74, 6) is -0.997. The van der Waals surface area contributed by atoms with Crippen LogP contribution in [0.3, 0.4) is 0 Å². The molecule has 1 heterocycles. The Morgan fingerprint density at radius 1 is 1.06 bits per heavy atom. The molecule has 0 saturated heterocycles. The SMILES string of the molecule is COc1cccc(NC(=O)Cn2cc(C(=O)c3ccc(Cl)cc3)c(=O)c3cc(F)ccc32)c1. The highest BCUT2D eigenvalue weighted by Crippen LogP contribution is 2.19. The number of anilines is 1. The Morgan fingerprint density at radius 2 is 1.82 bits per heavy atom. The van der Waals surface area contributed by atoms with Crippen molar-refractivity contribution in [2.24, 2.45) is 0 Å². The first-order valence-corrected chi connectivity index (χ1v) is 10.3. The highest BCUT2D eigenvalue weighted by atomic mass is 35.5. The topological polar surface area (TPSA) is 77.4 Å². The Morgan fingerprint density at radius 3 is 2.55 bits per heavy atom. The zero-order valence-electron chi connectivity index (χ0n) is 17.5. The highest BCUT2D eigenvalue weighted by molar-refractivity contribution is 6.30. The molecule has 0 atom stereocenters. The standard InChI is InChI=1S/C25H18ClFN2O4/c1-33-19-4-2-3-18(12-19)28-23(30)14-29-13-21(24(31)15-5-7-16(26)8-6-15)25(32)20-11-17(27)9-10-22(20)29/h2-13H,14H2,1H3,(H,28,30). The maximum atomic E-state index is 13.9. The van der Waals surface area contributed by atoms with E-state index in [1.54, 1.807) is 24.3 Å². The lowest BCUT2D eigenvalue weighted by molar-refractivity contribution is -0.116. The second-order valence-corrected chi connectivity index (χ2v) is 7.71. The van der Waals surface area contributed by atoms with Crippen LogP contribution in [0.5, 0.6) is 5.75 Å². The minimum absolute atomic E-state index is 0.00370. The van der Waals surface area contributed by atoms with Gasteiger partial charge in [0, 0.05) is 33.9 Å². The first kappa shape index (κ1) is 22.2. The molecule has 1 N–H and O–H groups in total. The molecule has 0 unspecified atom stereocenters. The molecule has 8 heteroatoms. The fourth-order valence-electron chi connectivity index (χ4n) is 3.48. The van der Waals surface area contributed by atoms with Gasteiger partial charge in [0.2, 0.25) is 11.3 Å². The summed E-state index contributed by atoms with van der Waals surface area (Å²) in [7, 11) is 1.52.